The number of hydrazone groups is 2. The van der Waals surface area contributed by atoms with Gasteiger partial charge in [0.15, 0.2) is 0 Å². The van der Waals surface area contributed by atoms with E-state index < -0.39 is 0 Å². The number of rotatable bonds is 8. The molecule has 0 saturated carbocycles. The summed E-state index contributed by atoms with van der Waals surface area (Å²) in [5.41, 5.74) is 11.4. The fourth-order valence-electron chi connectivity index (χ4n) is 3.30. The largest absolute Gasteiger partial charge is 0.378 e. The average molecular weight is 485 g/mol. The average Bonchev–Trinajstić information content (AvgIpc) is 2.90. The van der Waals surface area contributed by atoms with Crippen molar-refractivity contribution in [3.05, 3.63) is 95.1 Å². The van der Waals surface area contributed by atoms with Crippen LogP contribution in [-0.4, -0.2) is 51.4 Å². The summed E-state index contributed by atoms with van der Waals surface area (Å²) in [6.45, 7) is 3.65. The molecule has 0 unspecified atom stereocenters. The number of nitrogens with one attached hydrogen (secondary N) is 2. The second-order valence-corrected chi connectivity index (χ2v) is 8.74. The molecule has 0 aliphatic carbocycles. The molecule has 3 aromatic rings. The fourth-order valence-corrected chi connectivity index (χ4v) is 3.30. The molecular formula is C28H32N6O2. The van der Waals surface area contributed by atoms with E-state index in [9.17, 15) is 9.59 Å². The Kier molecular flexibility index (Phi) is 8.57. The van der Waals surface area contributed by atoms with Gasteiger partial charge >= 0.3 is 0 Å². The van der Waals surface area contributed by atoms with Gasteiger partial charge in [0.1, 0.15) is 0 Å². The third-order valence-corrected chi connectivity index (χ3v) is 5.66. The van der Waals surface area contributed by atoms with Gasteiger partial charge in [-0.2, -0.15) is 10.2 Å². The zero-order valence-electron chi connectivity index (χ0n) is 21.5. The van der Waals surface area contributed by atoms with Gasteiger partial charge in [0, 0.05) is 50.7 Å². The molecule has 8 nitrogen and oxygen atoms in total. The van der Waals surface area contributed by atoms with E-state index in [2.05, 4.69) is 21.1 Å². The van der Waals surface area contributed by atoms with E-state index in [0.29, 0.717) is 22.6 Å². The number of carbonyl (C=O) groups excluding carboxylic acids is 2. The van der Waals surface area contributed by atoms with Crippen molar-refractivity contribution in [2.24, 2.45) is 10.2 Å². The monoisotopic (exact) mass is 484 g/mol. The first kappa shape index (κ1) is 26.2. The SMILES string of the molecule is CC(=NNC(=O)c1ccc(N(C)C)cc1)c1ccc(C(C)=NNC(=O)c2ccc(N(C)C)cc2)cc1. The van der Waals surface area contributed by atoms with Crippen LogP contribution in [-0.2, 0) is 0 Å². The van der Waals surface area contributed by atoms with Gasteiger partial charge in [-0.15, -0.1) is 0 Å². The van der Waals surface area contributed by atoms with E-state index in [1.807, 2.05) is 100 Å². The standard InChI is InChI=1S/C28H32N6O2/c1-19(29-31-27(35)23-11-15-25(16-12-23)33(3)4)21-7-9-22(10-8-21)20(2)30-32-28(36)24-13-17-26(18-14-24)34(5)6/h7-18H,1-6H3,(H,31,35)(H,32,36). The molecule has 0 bridgehead atoms. The Morgan fingerprint density at radius 3 is 1.08 bits per heavy atom. The van der Waals surface area contributed by atoms with Crippen LogP contribution in [0.15, 0.2) is 83.0 Å². The number of amides is 2. The van der Waals surface area contributed by atoms with Crippen molar-refractivity contribution in [1.82, 2.24) is 10.9 Å². The van der Waals surface area contributed by atoms with Crippen LogP contribution in [0.2, 0.25) is 0 Å². The summed E-state index contributed by atoms with van der Waals surface area (Å²) in [6.07, 6.45) is 0. The molecule has 0 heterocycles. The van der Waals surface area contributed by atoms with Crippen LogP contribution in [0.3, 0.4) is 0 Å². The molecule has 0 aliphatic heterocycles. The number of hydrogen-bond acceptors (Lipinski definition) is 6. The van der Waals surface area contributed by atoms with Gasteiger partial charge in [-0.25, -0.2) is 10.9 Å². The Labute approximate surface area is 212 Å². The maximum Gasteiger partial charge on any atom is 0.271 e. The van der Waals surface area contributed by atoms with Crippen molar-refractivity contribution in [2.45, 2.75) is 13.8 Å². The van der Waals surface area contributed by atoms with Crippen molar-refractivity contribution < 1.29 is 9.59 Å². The lowest BCUT2D eigenvalue weighted by molar-refractivity contribution is 0.0947. The Hall–Kier alpha value is -4.46. The lowest BCUT2D eigenvalue weighted by Gasteiger charge is -2.12. The molecule has 3 rings (SSSR count). The summed E-state index contributed by atoms with van der Waals surface area (Å²) < 4.78 is 0. The van der Waals surface area contributed by atoms with Gasteiger partial charge in [0.05, 0.1) is 11.4 Å². The molecule has 0 fully saturated rings. The van der Waals surface area contributed by atoms with Crippen LogP contribution in [0.25, 0.3) is 0 Å². The first-order valence-electron chi connectivity index (χ1n) is 11.5. The Morgan fingerprint density at radius 2 is 0.806 bits per heavy atom. The number of nitrogens with zero attached hydrogens (tertiary/aromatic N) is 4. The van der Waals surface area contributed by atoms with Gasteiger partial charge in [-0.05, 0) is 73.5 Å². The summed E-state index contributed by atoms with van der Waals surface area (Å²) in [4.78, 5) is 28.7. The molecule has 0 radical (unpaired) electrons. The molecule has 36 heavy (non-hydrogen) atoms. The van der Waals surface area contributed by atoms with Crippen molar-refractivity contribution in [2.75, 3.05) is 38.0 Å². The Morgan fingerprint density at radius 1 is 0.528 bits per heavy atom. The molecule has 0 aliphatic rings. The minimum atomic E-state index is -0.272. The lowest BCUT2D eigenvalue weighted by atomic mass is 10.1. The van der Waals surface area contributed by atoms with E-state index >= 15 is 0 Å². The summed E-state index contributed by atoms with van der Waals surface area (Å²) in [5, 5.41) is 8.46. The summed E-state index contributed by atoms with van der Waals surface area (Å²) in [7, 11) is 7.79. The molecule has 0 atom stereocenters. The zero-order valence-corrected chi connectivity index (χ0v) is 21.5. The molecule has 3 aromatic carbocycles. The first-order chi connectivity index (χ1) is 17.2. The van der Waals surface area contributed by atoms with Crippen LogP contribution >= 0.6 is 0 Å². The maximum absolute atomic E-state index is 12.4. The van der Waals surface area contributed by atoms with Gasteiger partial charge in [-0.1, -0.05) is 24.3 Å². The van der Waals surface area contributed by atoms with Crippen LogP contribution < -0.4 is 20.7 Å². The molecule has 2 N–H and O–H groups in total. The van der Waals surface area contributed by atoms with E-state index in [0.717, 1.165) is 22.5 Å². The second kappa shape index (κ2) is 11.8. The highest BCUT2D eigenvalue weighted by Gasteiger charge is 2.08. The van der Waals surface area contributed by atoms with Gasteiger partial charge in [0.2, 0.25) is 0 Å². The maximum atomic E-state index is 12.4. The molecule has 0 saturated heterocycles. The third kappa shape index (κ3) is 6.79. The van der Waals surface area contributed by atoms with Crippen LogP contribution in [0, 0.1) is 0 Å². The molecule has 8 heteroatoms. The molecule has 186 valence electrons. The van der Waals surface area contributed by atoms with Crippen LogP contribution in [0.1, 0.15) is 45.7 Å². The molecular weight excluding hydrogens is 452 g/mol. The highest BCUT2D eigenvalue weighted by molar-refractivity contribution is 6.03. The lowest BCUT2D eigenvalue weighted by Crippen LogP contribution is -2.20. The second-order valence-electron chi connectivity index (χ2n) is 8.74. The Balaban J connectivity index is 1.59. The van der Waals surface area contributed by atoms with Crippen molar-refractivity contribution in [3.63, 3.8) is 0 Å². The number of anilines is 2. The van der Waals surface area contributed by atoms with Gasteiger partial charge in [0.25, 0.3) is 11.8 Å². The van der Waals surface area contributed by atoms with Gasteiger partial charge in [-0.3, -0.25) is 9.59 Å². The minimum absolute atomic E-state index is 0.272. The highest BCUT2D eigenvalue weighted by Crippen LogP contribution is 2.13. The number of hydrogen-bond donors (Lipinski definition) is 2. The predicted octanol–water partition coefficient (Wildman–Crippen LogP) is 4.13. The summed E-state index contributed by atoms with van der Waals surface area (Å²) in [6, 6.07) is 22.2. The zero-order chi connectivity index (χ0) is 26.2. The van der Waals surface area contributed by atoms with Crippen molar-refractivity contribution >= 4 is 34.6 Å². The van der Waals surface area contributed by atoms with Gasteiger partial charge < -0.3 is 9.80 Å². The highest BCUT2D eigenvalue weighted by atomic mass is 16.2. The number of carbonyl (C=O) groups is 2. The van der Waals surface area contributed by atoms with E-state index in [1.165, 1.54) is 0 Å². The van der Waals surface area contributed by atoms with Crippen LogP contribution in [0.5, 0.6) is 0 Å². The van der Waals surface area contributed by atoms with Crippen molar-refractivity contribution in [3.8, 4) is 0 Å². The summed E-state index contributed by atoms with van der Waals surface area (Å²) in [5.74, 6) is -0.544. The third-order valence-electron chi connectivity index (χ3n) is 5.66. The first-order valence-corrected chi connectivity index (χ1v) is 11.5. The minimum Gasteiger partial charge on any atom is -0.378 e. The molecule has 0 aromatic heterocycles. The van der Waals surface area contributed by atoms with E-state index in [1.54, 1.807) is 24.3 Å². The predicted molar refractivity (Wildman–Crippen MR) is 147 cm³/mol. The fraction of sp³-hybridized carbons (Fsp3) is 0.214. The van der Waals surface area contributed by atoms with Crippen molar-refractivity contribution in [1.29, 1.82) is 0 Å². The topological polar surface area (TPSA) is 89.4 Å². The Bertz CT molecular complexity index is 1160. The van der Waals surface area contributed by atoms with Crippen LogP contribution in [0.4, 0.5) is 11.4 Å². The number of benzene rings is 3. The summed E-state index contributed by atoms with van der Waals surface area (Å²) >= 11 is 0. The quantitative estimate of drug-likeness (QED) is 0.372. The normalized spacial score (nSPS) is 11.6. The van der Waals surface area contributed by atoms with E-state index in [-0.39, 0.29) is 11.8 Å². The molecule has 0 spiro atoms. The van der Waals surface area contributed by atoms with E-state index in [4.69, 9.17) is 0 Å². The smallest absolute Gasteiger partial charge is 0.271 e. The molecule has 2 amide bonds.